The number of halogens is 2. The summed E-state index contributed by atoms with van der Waals surface area (Å²) in [4.78, 5) is 15.0. The van der Waals surface area contributed by atoms with E-state index in [0.717, 1.165) is 5.56 Å². The lowest BCUT2D eigenvalue weighted by Gasteiger charge is -2.45. The number of benzene rings is 2. The van der Waals surface area contributed by atoms with Crippen LogP contribution in [0.4, 0.5) is 5.69 Å². The molecule has 2 aromatic rings. The van der Waals surface area contributed by atoms with E-state index in [-0.39, 0.29) is 17.5 Å². The van der Waals surface area contributed by atoms with E-state index in [9.17, 15) is 4.79 Å². The average Bonchev–Trinajstić information content (AvgIpc) is 2.50. The Kier molecular flexibility index (Phi) is 4.50. The Morgan fingerprint density at radius 2 is 1.79 bits per heavy atom. The van der Waals surface area contributed by atoms with E-state index in [1.54, 1.807) is 12.1 Å². The first-order valence-electron chi connectivity index (χ1n) is 7.88. The minimum Gasteiger partial charge on any atom is -0.363 e. The van der Waals surface area contributed by atoms with Gasteiger partial charge in [0.05, 0.1) is 16.3 Å². The van der Waals surface area contributed by atoms with Gasteiger partial charge in [-0.1, -0.05) is 74.3 Å². The number of carbonyl (C=O) groups excluding carboxylic acids is 1. The molecule has 1 atom stereocenters. The first-order chi connectivity index (χ1) is 11.3. The molecule has 2 aromatic carbocycles. The standard InChI is InChI=1S/C19H20Cl2N2O/c1-19(2,3)18-22-16-14(9-13(20)10-15(16)21)17(24)23(18)11-12-7-5-4-6-8-12/h4-10,18,22H,11H2,1-3H3. The van der Waals surface area contributed by atoms with E-state index in [2.05, 4.69) is 26.1 Å². The number of hydrogen-bond donors (Lipinski definition) is 1. The number of rotatable bonds is 2. The van der Waals surface area contributed by atoms with Crippen molar-refractivity contribution >= 4 is 34.8 Å². The molecule has 1 heterocycles. The van der Waals surface area contributed by atoms with Crippen molar-refractivity contribution in [3.63, 3.8) is 0 Å². The maximum Gasteiger partial charge on any atom is 0.258 e. The molecule has 0 saturated carbocycles. The van der Waals surface area contributed by atoms with Crippen molar-refractivity contribution in [3.8, 4) is 0 Å². The van der Waals surface area contributed by atoms with Gasteiger partial charge < -0.3 is 10.2 Å². The minimum atomic E-state index is -0.170. The van der Waals surface area contributed by atoms with Crippen LogP contribution in [0, 0.1) is 5.41 Å². The van der Waals surface area contributed by atoms with Crippen molar-refractivity contribution in [2.24, 2.45) is 5.41 Å². The van der Waals surface area contributed by atoms with Gasteiger partial charge in [-0.05, 0) is 17.7 Å². The molecule has 126 valence electrons. The van der Waals surface area contributed by atoms with Gasteiger partial charge in [0.25, 0.3) is 5.91 Å². The highest BCUT2D eigenvalue weighted by atomic mass is 35.5. The van der Waals surface area contributed by atoms with Crippen LogP contribution in [0.1, 0.15) is 36.7 Å². The molecule has 0 fully saturated rings. The fourth-order valence-corrected chi connectivity index (χ4v) is 3.55. The van der Waals surface area contributed by atoms with Crippen LogP contribution in [0.2, 0.25) is 10.0 Å². The highest BCUT2D eigenvalue weighted by molar-refractivity contribution is 6.37. The second-order valence-corrected chi connectivity index (χ2v) is 7.99. The Bertz CT molecular complexity index is 769. The Labute approximate surface area is 152 Å². The highest BCUT2D eigenvalue weighted by Crippen LogP contribution is 2.39. The van der Waals surface area contributed by atoms with Gasteiger partial charge in [-0.25, -0.2) is 0 Å². The Balaban J connectivity index is 2.06. The van der Waals surface area contributed by atoms with Crippen LogP contribution in [0.25, 0.3) is 0 Å². The zero-order valence-corrected chi connectivity index (χ0v) is 15.4. The number of hydrogen-bond acceptors (Lipinski definition) is 2. The van der Waals surface area contributed by atoms with Crippen molar-refractivity contribution < 1.29 is 4.79 Å². The first kappa shape index (κ1) is 17.1. The van der Waals surface area contributed by atoms with Gasteiger partial charge in [-0.15, -0.1) is 0 Å². The van der Waals surface area contributed by atoms with Gasteiger partial charge in [-0.2, -0.15) is 0 Å². The largest absolute Gasteiger partial charge is 0.363 e. The third kappa shape index (κ3) is 3.24. The van der Waals surface area contributed by atoms with Crippen molar-refractivity contribution in [1.82, 2.24) is 4.90 Å². The number of nitrogens with one attached hydrogen (secondary N) is 1. The molecule has 1 amide bonds. The van der Waals surface area contributed by atoms with E-state index in [1.165, 1.54) is 0 Å². The molecule has 1 aliphatic heterocycles. The summed E-state index contributed by atoms with van der Waals surface area (Å²) in [6.45, 7) is 6.83. The van der Waals surface area contributed by atoms with Gasteiger partial charge in [0.2, 0.25) is 0 Å². The van der Waals surface area contributed by atoms with E-state index in [4.69, 9.17) is 23.2 Å². The van der Waals surface area contributed by atoms with Crippen LogP contribution in [0.3, 0.4) is 0 Å². The molecule has 0 radical (unpaired) electrons. The maximum atomic E-state index is 13.2. The van der Waals surface area contributed by atoms with Crippen molar-refractivity contribution in [2.45, 2.75) is 33.5 Å². The van der Waals surface area contributed by atoms with Gasteiger partial charge in [0, 0.05) is 17.0 Å². The molecular formula is C19H20Cl2N2O. The number of carbonyl (C=O) groups is 1. The SMILES string of the molecule is CC(C)(C)C1Nc2c(Cl)cc(Cl)cc2C(=O)N1Cc1ccccc1. The molecule has 0 bridgehead atoms. The predicted octanol–water partition coefficient (Wildman–Crippen LogP) is 5.43. The molecular weight excluding hydrogens is 343 g/mol. The van der Waals surface area contributed by atoms with Crippen LogP contribution in [0.5, 0.6) is 0 Å². The van der Waals surface area contributed by atoms with E-state index >= 15 is 0 Å². The summed E-state index contributed by atoms with van der Waals surface area (Å²) in [7, 11) is 0. The summed E-state index contributed by atoms with van der Waals surface area (Å²) in [5, 5.41) is 4.38. The predicted molar refractivity (Wildman–Crippen MR) is 99.6 cm³/mol. The molecule has 0 saturated heterocycles. The van der Waals surface area contributed by atoms with Crippen molar-refractivity contribution in [1.29, 1.82) is 0 Å². The quantitative estimate of drug-likeness (QED) is 0.771. The van der Waals surface area contributed by atoms with Crippen molar-refractivity contribution in [2.75, 3.05) is 5.32 Å². The summed E-state index contributed by atoms with van der Waals surface area (Å²) in [6, 6.07) is 13.3. The molecule has 3 nitrogen and oxygen atoms in total. The second kappa shape index (κ2) is 6.30. The summed E-state index contributed by atoms with van der Waals surface area (Å²) < 4.78 is 0. The summed E-state index contributed by atoms with van der Waals surface area (Å²) in [5.41, 5.74) is 2.10. The lowest BCUT2D eigenvalue weighted by atomic mass is 9.88. The minimum absolute atomic E-state index is 0.0584. The Morgan fingerprint density at radius 1 is 1.12 bits per heavy atom. The Hall–Kier alpha value is -1.71. The molecule has 1 unspecified atom stereocenters. The van der Waals surface area contributed by atoms with Crippen molar-refractivity contribution in [3.05, 3.63) is 63.6 Å². The normalized spacial score (nSPS) is 17.5. The smallest absolute Gasteiger partial charge is 0.258 e. The maximum absolute atomic E-state index is 13.2. The molecule has 0 aliphatic carbocycles. The average molecular weight is 363 g/mol. The fraction of sp³-hybridized carbons (Fsp3) is 0.316. The number of anilines is 1. The third-order valence-electron chi connectivity index (χ3n) is 4.16. The van der Waals surface area contributed by atoms with Crippen LogP contribution in [-0.4, -0.2) is 17.0 Å². The van der Waals surface area contributed by atoms with Crippen LogP contribution < -0.4 is 5.32 Å². The zero-order chi connectivity index (χ0) is 17.5. The fourth-order valence-electron chi connectivity index (χ4n) is 3.00. The highest BCUT2D eigenvalue weighted by Gasteiger charge is 2.39. The van der Waals surface area contributed by atoms with E-state index < -0.39 is 0 Å². The topological polar surface area (TPSA) is 32.3 Å². The van der Waals surface area contributed by atoms with Crippen LogP contribution >= 0.6 is 23.2 Å². The summed E-state index contributed by atoms with van der Waals surface area (Å²) >= 11 is 12.4. The number of fused-ring (bicyclic) bond motifs is 1. The zero-order valence-electron chi connectivity index (χ0n) is 13.9. The summed E-state index contributed by atoms with van der Waals surface area (Å²) in [6.07, 6.45) is -0.170. The lowest BCUT2D eigenvalue weighted by Crippen LogP contribution is -2.54. The number of amides is 1. The van der Waals surface area contributed by atoms with Gasteiger partial charge in [-0.3, -0.25) is 4.79 Å². The molecule has 5 heteroatoms. The van der Waals surface area contributed by atoms with E-state index in [0.29, 0.717) is 27.8 Å². The van der Waals surface area contributed by atoms with Crippen LogP contribution in [0.15, 0.2) is 42.5 Å². The lowest BCUT2D eigenvalue weighted by molar-refractivity contribution is 0.0524. The molecule has 0 spiro atoms. The first-order valence-corrected chi connectivity index (χ1v) is 8.63. The van der Waals surface area contributed by atoms with Gasteiger partial charge in [0.15, 0.2) is 0 Å². The Morgan fingerprint density at radius 3 is 2.42 bits per heavy atom. The molecule has 1 N–H and O–H groups in total. The molecule has 1 aliphatic rings. The summed E-state index contributed by atoms with van der Waals surface area (Å²) in [5.74, 6) is -0.0584. The monoisotopic (exact) mass is 362 g/mol. The molecule has 24 heavy (non-hydrogen) atoms. The third-order valence-corrected chi connectivity index (χ3v) is 4.67. The van der Waals surface area contributed by atoms with Crippen LogP contribution in [-0.2, 0) is 6.54 Å². The van der Waals surface area contributed by atoms with Gasteiger partial charge in [0.1, 0.15) is 6.17 Å². The van der Waals surface area contributed by atoms with E-state index in [1.807, 2.05) is 35.2 Å². The second-order valence-electron chi connectivity index (χ2n) is 7.14. The van der Waals surface area contributed by atoms with Gasteiger partial charge >= 0.3 is 0 Å². The molecule has 3 rings (SSSR count). The molecule has 0 aromatic heterocycles. The number of nitrogens with zero attached hydrogens (tertiary/aromatic N) is 1.